The van der Waals surface area contributed by atoms with Crippen molar-refractivity contribution in [2.75, 3.05) is 12.3 Å². The Kier molecular flexibility index (Phi) is 4.42. The van der Waals surface area contributed by atoms with Gasteiger partial charge in [-0.1, -0.05) is 18.2 Å². The van der Waals surface area contributed by atoms with Crippen LogP contribution in [-0.2, 0) is 18.9 Å². The smallest absolute Gasteiger partial charge is 0.338 e. The fraction of sp³-hybridized carbons (Fsp3) is 0.400. The number of carbonyl (C=O) groups is 1. The number of nitrogens with zero attached hydrogens (tertiary/aromatic N) is 4. The lowest BCUT2D eigenvalue weighted by Gasteiger charge is -2.24. The zero-order valence-electron chi connectivity index (χ0n) is 16.5. The van der Waals surface area contributed by atoms with Crippen molar-refractivity contribution in [3.05, 3.63) is 48.5 Å². The van der Waals surface area contributed by atoms with Crippen LogP contribution in [0.5, 0.6) is 0 Å². The number of anilines is 1. The van der Waals surface area contributed by atoms with E-state index in [1.165, 1.54) is 6.33 Å². The number of carbonyl (C=O) groups excluding carboxylic acids is 1. The molecule has 0 aliphatic carbocycles. The molecule has 0 spiro atoms. The molecule has 5 rings (SSSR count). The van der Waals surface area contributed by atoms with Crippen LogP contribution in [0.3, 0.4) is 0 Å². The number of nitrogens with two attached hydrogens (primary N) is 1. The summed E-state index contributed by atoms with van der Waals surface area (Å²) in [5.41, 5.74) is 7.38. The number of esters is 1. The number of ether oxygens (including phenoxy) is 4. The molecule has 2 saturated heterocycles. The van der Waals surface area contributed by atoms with Crippen LogP contribution in [0.25, 0.3) is 11.2 Å². The van der Waals surface area contributed by atoms with Gasteiger partial charge in [-0.3, -0.25) is 4.57 Å². The Balaban J connectivity index is 1.40. The van der Waals surface area contributed by atoms with Crippen molar-refractivity contribution in [2.24, 2.45) is 0 Å². The molecule has 2 aromatic heterocycles. The van der Waals surface area contributed by atoms with Crippen LogP contribution in [0.15, 0.2) is 43.0 Å². The van der Waals surface area contributed by atoms with Crippen LogP contribution in [-0.4, -0.2) is 56.2 Å². The molecule has 10 heteroatoms. The van der Waals surface area contributed by atoms with Gasteiger partial charge in [0.05, 0.1) is 11.9 Å². The van der Waals surface area contributed by atoms with Crippen LogP contribution in [0, 0.1) is 0 Å². The minimum Gasteiger partial charge on any atom is -0.459 e. The summed E-state index contributed by atoms with van der Waals surface area (Å²) in [6.07, 6.45) is 1.00. The summed E-state index contributed by atoms with van der Waals surface area (Å²) in [6, 6.07) is 8.79. The molecule has 2 N–H and O–H groups in total. The zero-order chi connectivity index (χ0) is 20.9. The second kappa shape index (κ2) is 7.01. The minimum atomic E-state index is -0.802. The highest BCUT2D eigenvalue weighted by molar-refractivity contribution is 5.89. The Morgan fingerprint density at radius 2 is 1.93 bits per heavy atom. The Morgan fingerprint density at radius 1 is 1.17 bits per heavy atom. The molecule has 0 saturated carbocycles. The highest BCUT2D eigenvalue weighted by Crippen LogP contribution is 2.43. The van der Waals surface area contributed by atoms with E-state index in [0.717, 1.165) is 0 Å². The van der Waals surface area contributed by atoms with Gasteiger partial charge in [-0.25, -0.2) is 19.7 Å². The number of aromatic nitrogens is 4. The third kappa shape index (κ3) is 3.18. The number of imidazole rings is 1. The molecule has 0 radical (unpaired) electrons. The zero-order valence-corrected chi connectivity index (χ0v) is 16.5. The maximum Gasteiger partial charge on any atom is 0.338 e. The van der Waals surface area contributed by atoms with Crippen LogP contribution >= 0.6 is 0 Å². The lowest BCUT2D eigenvalue weighted by atomic mass is 10.1. The largest absolute Gasteiger partial charge is 0.459 e. The molecular formula is C20H21N5O5. The van der Waals surface area contributed by atoms with Crippen molar-refractivity contribution in [1.29, 1.82) is 0 Å². The van der Waals surface area contributed by atoms with E-state index in [1.54, 1.807) is 35.2 Å². The van der Waals surface area contributed by atoms with Gasteiger partial charge in [0.2, 0.25) is 0 Å². The third-order valence-electron chi connectivity index (χ3n) is 5.17. The van der Waals surface area contributed by atoms with Crippen molar-refractivity contribution >= 4 is 23.0 Å². The van der Waals surface area contributed by atoms with E-state index in [1.807, 2.05) is 19.9 Å². The molecule has 4 heterocycles. The molecule has 2 aliphatic heterocycles. The molecular weight excluding hydrogens is 390 g/mol. The van der Waals surface area contributed by atoms with Crippen LogP contribution in [0.1, 0.15) is 30.4 Å². The molecule has 0 bridgehead atoms. The molecule has 1 aromatic carbocycles. The Morgan fingerprint density at radius 3 is 2.73 bits per heavy atom. The lowest BCUT2D eigenvalue weighted by Crippen LogP contribution is -2.33. The molecule has 156 valence electrons. The topological polar surface area (TPSA) is 124 Å². The van der Waals surface area contributed by atoms with E-state index in [0.29, 0.717) is 16.7 Å². The summed E-state index contributed by atoms with van der Waals surface area (Å²) >= 11 is 0. The van der Waals surface area contributed by atoms with Crippen molar-refractivity contribution in [3.63, 3.8) is 0 Å². The first-order chi connectivity index (χ1) is 14.4. The fourth-order valence-corrected chi connectivity index (χ4v) is 3.89. The van der Waals surface area contributed by atoms with E-state index in [-0.39, 0.29) is 12.4 Å². The number of rotatable bonds is 4. The quantitative estimate of drug-likeness (QED) is 0.639. The maximum atomic E-state index is 12.3. The standard InChI is InChI=1S/C20H21N5O5/c1-20(2)29-14-12(8-27-19(26)11-6-4-3-5-7-11)28-18(15(14)30-20)25-10-24-13-16(21)22-9-23-17(13)25/h3-7,9-10,12,14-15,18H,8H2,1-2H3,(H2,21,22,23). The lowest BCUT2D eigenvalue weighted by molar-refractivity contribution is -0.199. The number of benzene rings is 1. The Hall–Kier alpha value is -3.08. The number of hydrogen-bond donors (Lipinski definition) is 1. The van der Waals surface area contributed by atoms with Crippen molar-refractivity contribution in [1.82, 2.24) is 19.5 Å². The van der Waals surface area contributed by atoms with Crippen molar-refractivity contribution in [3.8, 4) is 0 Å². The summed E-state index contributed by atoms with van der Waals surface area (Å²) in [5.74, 6) is -0.944. The first kappa shape index (κ1) is 18.9. The minimum absolute atomic E-state index is 0.0224. The van der Waals surface area contributed by atoms with Crippen LogP contribution < -0.4 is 5.73 Å². The highest BCUT2D eigenvalue weighted by Gasteiger charge is 2.56. The van der Waals surface area contributed by atoms with Gasteiger partial charge < -0.3 is 24.7 Å². The summed E-state index contributed by atoms with van der Waals surface area (Å²) < 4.78 is 25.6. The molecule has 30 heavy (non-hydrogen) atoms. The predicted molar refractivity (Wildman–Crippen MR) is 104 cm³/mol. The Labute approximate surface area is 171 Å². The predicted octanol–water partition coefficient (Wildman–Crippen LogP) is 1.68. The second-order valence-corrected chi connectivity index (χ2v) is 7.68. The number of nitrogen functional groups attached to an aromatic ring is 1. The molecule has 0 amide bonds. The Bertz CT molecular complexity index is 1090. The van der Waals surface area contributed by atoms with Gasteiger partial charge in [0.1, 0.15) is 36.8 Å². The first-order valence-electron chi connectivity index (χ1n) is 9.59. The SMILES string of the molecule is CC1(C)OC2C(COC(=O)c3ccccc3)OC(n3cnc4c(N)ncnc43)C2O1. The monoisotopic (exact) mass is 411 g/mol. The maximum absolute atomic E-state index is 12.3. The second-order valence-electron chi connectivity index (χ2n) is 7.68. The van der Waals surface area contributed by atoms with Gasteiger partial charge >= 0.3 is 5.97 Å². The molecule has 2 aliphatic rings. The molecule has 3 aromatic rings. The normalized spacial score (nSPS) is 27.3. The third-order valence-corrected chi connectivity index (χ3v) is 5.17. The van der Waals surface area contributed by atoms with Crippen molar-refractivity contribution in [2.45, 2.75) is 44.2 Å². The molecule has 4 unspecified atom stereocenters. The summed E-state index contributed by atoms with van der Waals surface area (Å²) in [6.45, 7) is 3.69. The van der Waals surface area contributed by atoms with E-state index in [2.05, 4.69) is 15.0 Å². The van der Waals surface area contributed by atoms with Gasteiger partial charge in [-0.2, -0.15) is 0 Å². The summed E-state index contributed by atoms with van der Waals surface area (Å²) in [5, 5.41) is 0. The van der Waals surface area contributed by atoms with Gasteiger partial charge in [0.25, 0.3) is 0 Å². The first-order valence-corrected chi connectivity index (χ1v) is 9.59. The van der Waals surface area contributed by atoms with E-state index >= 15 is 0 Å². The number of fused-ring (bicyclic) bond motifs is 2. The van der Waals surface area contributed by atoms with Gasteiger partial charge in [-0.05, 0) is 26.0 Å². The van der Waals surface area contributed by atoms with E-state index in [4.69, 9.17) is 24.7 Å². The van der Waals surface area contributed by atoms with Gasteiger partial charge in [0, 0.05) is 0 Å². The van der Waals surface area contributed by atoms with Gasteiger partial charge in [0.15, 0.2) is 23.5 Å². The average Bonchev–Trinajstić information content (AvgIpc) is 3.38. The van der Waals surface area contributed by atoms with Crippen LogP contribution in [0.4, 0.5) is 5.82 Å². The van der Waals surface area contributed by atoms with Crippen molar-refractivity contribution < 1.29 is 23.7 Å². The highest BCUT2D eigenvalue weighted by atomic mass is 16.8. The number of hydrogen-bond acceptors (Lipinski definition) is 9. The fourth-order valence-electron chi connectivity index (χ4n) is 3.89. The van der Waals surface area contributed by atoms with E-state index in [9.17, 15) is 4.79 Å². The molecule has 4 atom stereocenters. The molecule has 2 fully saturated rings. The van der Waals surface area contributed by atoms with Crippen LogP contribution in [0.2, 0.25) is 0 Å². The molecule has 10 nitrogen and oxygen atoms in total. The van der Waals surface area contributed by atoms with Gasteiger partial charge in [-0.15, -0.1) is 0 Å². The summed E-state index contributed by atoms with van der Waals surface area (Å²) in [4.78, 5) is 24.9. The summed E-state index contributed by atoms with van der Waals surface area (Å²) in [7, 11) is 0. The average molecular weight is 411 g/mol. The van der Waals surface area contributed by atoms with E-state index < -0.39 is 36.3 Å².